The molecule has 1 aromatic heterocycles. The number of anilines is 1. The van der Waals surface area contributed by atoms with E-state index in [0.717, 1.165) is 48.3 Å². The lowest BCUT2D eigenvalue weighted by Crippen LogP contribution is -2.44. The Labute approximate surface area is 175 Å². The van der Waals surface area contributed by atoms with Gasteiger partial charge in [-0.25, -0.2) is 0 Å². The highest BCUT2D eigenvalue weighted by Gasteiger charge is 2.25. The number of para-hydroxylation sites is 2. The molecule has 0 saturated carbocycles. The first-order valence-electron chi connectivity index (χ1n) is 9.46. The van der Waals surface area contributed by atoms with Crippen LogP contribution in [0.25, 0.3) is 0 Å². The first-order valence-corrected chi connectivity index (χ1v) is 10.7. The number of hydrogen-bond donors (Lipinski definition) is 3. The molecule has 2 heterocycles. The van der Waals surface area contributed by atoms with Crippen molar-refractivity contribution in [3.05, 3.63) is 45.6 Å². The van der Waals surface area contributed by atoms with Gasteiger partial charge < -0.3 is 25.4 Å². The lowest BCUT2D eigenvalue weighted by molar-refractivity contribution is 0.191. The minimum absolute atomic E-state index is 0.274. The van der Waals surface area contributed by atoms with Crippen LogP contribution in [0.15, 0.2) is 41.4 Å². The van der Waals surface area contributed by atoms with Crippen molar-refractivity contribution in [3.63, 3.8) is 0 Å². The molecule has 2 atom stereocenters. The van der Waals surface area contributed by atoms with Crippen molar-refractivity contribution in [1.82, 2.24) is 10.6 Å². The maximum absolute atomic E-state index is 10.3. The van der Waals surface area contributed by atoms with E-state index in [1.807, 2.05) is 31.2 Å². The van der Waals surface area contributed by atoms with Crippen molar-refractivity contribution < 1.29 is 9.84 Å². The Morgan fingerprint density at radius 2 is 2.21 bits per heavy atom. The maximum atomic E-state index is 10.3. The van der Waals surface area contributed by atoms with Crippen molar-refractivity contribution >= 4 is 34.6 Å². The Morgan fingerprint density at radius 1 is 1.39 bits per heavy atom. The molecule has 28 heavy (non-hydrogen) atoms. The molecule has 1 aliphatic heterocycles. The molecule has 2 aromatic rings. The maximum Gasteiger partial charge on any atom is 0.191 e. The minimum atomic E-state index is -0.651. The fraction of sp³-hybridized carbons (Fsp3) is 0.450. The molecule has 8 heteroatoms. The van der Waals surface area contributed by atoms with Crippen molar-refractivity contribution in [2.45, 2.75) is 25.5 Å². The molecule has 0 bridgehead atoms. The summed E-state index contributed by atoms with van der Waals surface area (Å²) >= 11 is 7.33. The summed E-state index contributed by atoms with van der Waals surface area (Å²) in [5, 5.41) is 17.1. The molecule has 1 saturated heterocycles. The van der Waals surface area contributed by atoms with Gasteiger partial charge >= 0.3 is 0 Å². The van der Waals surface area contributed by atoms with E-state index in [2.05, 4.69) is 26.6 Å². The lowest BCUT2D eigenvalue weighted by Gasteiger charge is -2.22. The van der Waals surface area contributed by atoms with Crippen LogP contribution in [-0.2, 0) is 0 Å². The Hall–Kier alpha value is -1.96. The van der Waals surface area contributed by atoms with E-state index >= 15 is 0 Å². The zero-order valence-corrected chi connectivity index (χ0v) is 17.8. The molecule has 1 fully saturated rings. The Balaban J connectivity index is 1.60. The summed E-state index contributed by atoms with van der Waals surface area (Å²) in [5.41, 5.74) is 1.11. The van der Waals surface area contributed by atoms with Crippen LogP contribution in [-0.4, -0.2) is 50.4 Å². The van der Waals surface area contributed by atoms with Crippen molar-refractivity contribution in [3.8, 4) is 5.75 Å². The van der Waals surface area contributed by atoms with E-state index in [1.54, 1.807) is 13.2 Å². The van der Waals surface area contributed by atoms with Crippen LogP contribution in [0, 0.1) is 0 Å². The van der Waals surface area contributed by atoms with E-state index in [-0.39, 0.29) is 12.6 Å². The predicted molar refractivity (Wildman–Crippen MR) is 117 cm³/mol. The molecule has 3 rings (SSSR count). The van der Waals surface area contributed by atoms with Gasteiger partial charge in [0, 0.05) is 30.6 Å². The number of aliphatic imine (C=N–C) groups is 1. The number of rotatable bonds is 7. The van der Waals surface area contributed by atoms with Crippen LogP contribution in [0.5, 0.6) is 5.75 Å². The van der Waals surface area contributed by atoms with Gasteiger partial charge in [-0.3, -0.25) is 4.99 Å². The van der Waals surface area contributed by atoms with Gasteiger partial charge in [-0.05, 0) is 37.6 Å². The summed E-state index contributed by atoms with van der Waals surface area (Å²) in [6.45, 7) is 4.90. The Kier molecular flexibility index (Phi) is 7.42. The van der Waals surface area contributed by atoms with Crippen LogP contribution in [0.2, 0.25) is 4.34 Å². The van der Waals surface area contributed by atoms with Crippen molar-refractivity contribution in [2.75, 3.05) is 38.2 Å². The summed E-state index contributed by atoms with van der Waals surface area (Å²) in [4.78, 5) is 7.71. The van der Waals surface area contributed by atoms with E-state index in [0.29, 0.717) is 4.34 Å². The number of nitrogens with one attached hydrogen (secondary N) is 2. The summed E-state index contributed by atoms with van der Waals surface area (Å²) in [6.07, 6.45) is 0.354. The standard InChI is InChI=1S/C20H27ClN4O2S/c1-3-22-20(23-12-16(26)18-8-9-19(21)28-18)24-14-10-11-25(13-14)15-6-4-5-7-17(15)27-2/h4-9,14,16,26H,3,10-13H2,1-2H3,(H2,22,23,24). The number of aliphatic hydroxyl groups excluding tert-OH is 1. The van der Waals surface area contributed by atoms with Gasteiger partial charge in [0.05, 0.1) is 23.7 Å². The summed E-state index contributed by atoms with van der Waals surface area (Å²) in [7, 11) is 1.70. The molecule has 2 unspecified atom stereocenters. The third-order valence-corrected chi connectivity index (χ3v) is 5.98. The summed E-state index contributed by atoms with van der Waals surface area (Å²) in [5.74, 6) is 1.61. The topological polar surface area (TPSA) is 69.1 Å². The first-order chi connectivity index (χ1) is 13.6. The number of nitrogens with zero attached hydrogens (tertiary/aromatic N) is 2. The highest BCUT2D eigenvalue weighted by atomic mass is 35.5. The van der Waals surface area contributed by atoms with Crippen LogP contribution < -0.4 is 20.3 Å². The SMILES string of the molecule is CCNC(=NCC(O)c1ccc(Cl)s1)NC1CCN(c2ccccc2OC)C1. The molecule has 6 nitrogen and oxygen atoms in total. The number of guanidine groups is 1. The van der Waals surface area contributed by atoms with Gasteiger partial charge in [-0.1, -0.05) is 23.7 Å². The van der Waals surface area contributed by atoms with Crippen molar-refractivity contribution in [1.29, 1.82) is 0 Å². The zero-order chi connectivity index (χ0) is 19.9. The van der Waals surface area contributed by atoms with Gasteiger partial charge in [0.1, 0.15) is 11.9 Å². The molecule has 0 radical (unpaired) electrons. The Bertz CT molecular complexity index is 798. The third kappa shape index (κ3) is 5.31. The van der Waals surface area contributed by atoms with Gasteiger partial charge in [-0.2, -0.15) is 0 Å². The third-order valence-electron chi connectivity index (χ3n) is 4.64. The quantitative estimate of drug-likeness (QED) is 0.472. The fourth-order valence-corrected chi connectivity index (χ4v) is 4.31. The monoisotopic (exact) mass is 422 g/mol. The number of methoxy groups -OCH3 is 1. The molecule has 0 aliphatic carbocycles. The second-order valence-electron chi connectivity index (χ2n) is 6.63. The Morgan fingerprint density at radius 3 is 2.93 bits per heavy atom. The van der Waals surface area contributed by atoms with Gasteiger partial charge in [0.15, 0.2) is 5.96 Å². The molecular weight excluding hydrogens is 396 g/mol. The number of benzene rings is 1. The highest BCUT2D eigenvalue weighted by molar-refractivity contribution is 7.16. The molecular formula is C20H27ClN4O2S. The van der Waals surface area contributed by atoms with Gasteiger partial charge in [0.25, 0.3) is 0 Å². The average molecular weight is 423 g/mol. The van der Waals surface area contributed by atoms with Crippen LogP contribution in [0.1, 0.15) is 24.3 Å². The summed E-state index contributed by atoms with van der Waals surface area (Å²) < 4.78 is 6.16. The van der Waals surface area contributed by atoms with Crippen molar-refractivity contribution in [2.24, 2.45) is 4.99 Å². The number of aliphatic hydroxyl groups is 1. The fourth-order valence-electron chi connectivity index (χ4n) is 3.28. The van der Waals surface area contributed by atoms with Crippen LogP contribution in [0.3, 0.4) is 0 Å². The number of halogens is 1. The molecule has 1 aliphatic rings. The number of thiophene rings is 1. The smallest absolute Gasteiger partial charge is 0.191 e. The zero-order valence-electron chi connectivity index (χ0n) is 16.2. The molecule has 3 N–H and O–H groups in total. The van der Waals surface area contributed by atoms with E-state index < -0.39 is 6.10 Å². The number of ether oxygens (including phenoxy) is 1. The average Bonchev–Trinajstić information content (AvgIpc) is 3.35. The highest BCUT2D eigenvalue weighted by Crippen LogP contribution is 2.30. The normalized spacial score (nSPS) is 18.2. The van der Waals surface area contributed by atoms with Crippen LogP contribution >= 0.6 is 22.9 Å². The largest absolute Gasteiger partial charge is 0.495 e. The minimum Gasteiger partial charge on any atom is -0.495 e. The molecule has 1 aromatic carbocycles. The first kappa shape index (κ1) is 20.8. The predicted octanol–water partition coefficient (Wildman–Crippen LogP) is 3.28. The molecule has 152 valence electrons. The second kappa shape index (κ2) is 10.0. The summed E-state index contributed by atoms with van der Waals surface area (Å²) in [6, 6.07) is 12.0. The van der Waals surface area contributed by atoms with E-state index in [1.165, 1.54) is 11.3 Å². The van der Waals surface area contributed by atoms with Gasteiger partial charge in [0.2, 0.25) is 0 Å². The second-order valence-corrected chi connectivity index (χ2v) is 8.37. The lowest BCUT2D eigenvalue weighted by atomic mass is 10.2. The van der Waals surface area contributed by atoms with Crippen LogP contribution in [0.4, 0.5) is 5.69 Å². The molecule has 0 spiro atoms. The van der Waals surface area contributed by atoms with Gasteiger partial charge in [-0.15, -0.1) is 11.3 Å². The van der Waals surface area contributed by atoms with E-state index in [4.69, 9.17) is 16.3 Å². The number of hydrogen-bond acceptors (Lipinski definition) is 5. The van der Waals surface area contributed by atoms with E-state index in [9.17, 15) is 5.11 Å². The molecule has 0 amide bonds.